The SMILES string of the molecule is COCc1cc(-c2cc(N)on2)ccc1F. The molecule has 1 aromatic carbocycles. The van der Waals surface area contributed by atoms with Gasteiger partial charge in [0.2, 0.25) is 5.88 Å². The third-order valence-electron chi connectivity index (χ3n) is 2.17. The van der Waals surface area contributed by atoms with Gasteiger partial charge >= 0.3 is 0 Å². The molecule has 0 saturated carbocycles. The highest BCUT2D eigenvalue weighted by molar-refractivity contribution is 5.61. The Hall–Kier alpha value is -1.88. The van der Waals surface area contributed by atoms with E-state index in [4.69, 9.17) is 15.0 Å². The van der Waals surface area contributed by atoms with E-state index in [0.29, 0.717) is 11.3 Å². The van der Waals surface area contributed by atoms with Gasteiger partial charge in [-0.15, -0.1) is 0 Å². The monoisotopic (exact) mass is 222 g/mol. The number of nitrogen functional groups attached to an aromatic ring is 1. The van der Waals surface area contributed by atoms with E-state index in [1.165, 1.54) is 13.2 Å². The van der Waals surface area contributed by atoms with Crippen LogP contribution < -0.4 is 5.73 Å². The molecule has 1 aromatic heterocycles. The van der Waals surface area contributed by atoms with Crippen molar-refractivity contribution in [2.24, 2.45) is 0 Å². The molecule has 16 heavy (non-hydrogen) atoms. The average Bonchev–Trinajstić information content (AvgIpc) is 2.69. The van der Waals surface area contributed by atoms with Gasteiger partial charge in [-0.1, -0.05) is 5.16 Å². The van der Waals surface area contributed by atoms with E-state index < -0.39 is 0 Å². The molecule has 5 heteroatoms. The Balaban J connectivity index is 2.39. The summed E-state index contributed by atoms with van der Waals surface area (Å²) in [6.45, 7) is 0.215. The van der Waals surface area contributed by atoms with Crippen LogP contribution in [0.1, 0.15) is 5.56 Å². The van der Waals surface area contributed by atoms with Gasteiger partial charge in [0.15, 0.2) is 0 Å². The Labute approximate surface area is 91.8 Å². The Bertz CT molecular complexity index is 496. The van der Waals surface area contributed by atoms with Crippen molar-refractivity contribution in [3.8, 4) is 11.3 Å². The summed E-state index contributed by atoms with van der Waals surface area (Å²) in [5, 5.41) is 3.75. The number of ether oxygens (including phenoxy) is 1. The highest BCUT2D eigenvalue weighted by Crippen LogP contribution is 2.23. The van der Waals surface area contributed by atoms with Crippen molar-refractivity contribution >= 4 is 5.88 Å². The number of hydrogen-bond donors (Lipinski definition) is 1. The molecule has 0 saturated heterocycles. The molecule has 0 amide bonds. The third kappa shape index (κ3) is 2.04. The third-order valence-corrected chi connectivity index (χ3v) is 2.17. The summed E-state index contributed by atoms with van der Waals surface area (Å²) in [7, 11) is 1.51. The van der Waals surface area contributed by atoms with E-state index in [2.05, 4.69) is 5.16 Å². The van der Waals surface area contributed by atoms with Crippen LogP contribution in [0.4, 0.5) is 10.3 Å². The fourth-order valence-electron chi connectivity index (χ4n) is 1.43. The Morgan fingerprint density at radius 2 is 2.25 bits per heavy atom. The number of benzene rings is 1. The molecule has 4 nitrogen and oxygen atoms in total. The molecule has 0 spiro atoms. The first-order chi connectivity index (χ1) is 7.70. The first kappa shape index (κ1) is 10.6. The van der Waals surface area contributed by atoms with E-state index in [9.17, 15) is 4.39 Å². The molecule has 0 fully saturated rings. The largest absolute Gasteiger partial charge is 0.380 e. The molecule has 1 heterocycles. The lowest BCUT2D eigenvalue weighted by molar-refractivity contribution is 0.181. The quantitative estimate of drug-likeness (QED) is 0.864. The summed E-state index contributed by atoms with van der Waals surface area (Å²) in [5.74, 6) is -0.0744. The molecular formula is C11H11FN2O2. The molecule has 0 radical (unpaired) electrons. The standard InChI is InChI=1S/C11H11FN2O2/c1-15-6-8-4-7(2-3-9(8)12)10-5-11(13)16-14-10/h2-5H,6,13H2,1H3. The maximum Gasteiger partial charge on any atom is 0.222 e. The van der Waals surface area contributed by atoms with E-state index in [1.807, 2.05) is 0 Å². The van der Waals surface area contributed by atoms with E-state index in [-0.39, 0.29) is 18.3 Å². The van der Waals surface area contributed by atoms with Crippen LogP contribution >= 0.6 is 0 Å². The summed E-state index contributed by atoms with van der Waals surface area (Å²) in [5.41, 5.74) is 7.21. The van der Waals surface area contributed by atoms with Crippen LogP contribution in [0.25, 0.3) is 11.3 Å². The Morgan fingerprint density at radius 3 is 2.88 bits per heavy atom. The van der Waals surface area contributed by atoms with Crippen molar-refractivity contribution in [3.63, 3.8) is 0 Å². The van der Waals surface area contributed by atoms with Crippen molar-refractivity contribution in [1.82, 2.24) is 5.16 Å². The van der Waals surface area contributed by atoms with Crippen LogP contribution in [0.5, 0.6) is 0 Å². The molecule has 0 bridgehead atoms. The molecule has 0 aliphatic heterocycles. The number of nitrogens with zero attached hydrogens (tertiary/aromatic N) is 1. The van der Waals surface area contributed by atoms with Crippen molar-refractivity contribution < 1.29 is 13.7 Å². The van der Waals surface area contributed by atoms with Crippen LogP contribution in [0.2, 0.25) is 0 Å². The smallest absolute Gasteiger partial charge is 0.222 e. The molecule has 84 valence electrons. The summed E-state index contributed by atoms with van der Waals surface area (Å²) < 4.78 is 23.0. The van der Waals surface area contributed by atoms with Crippen LogP contribution in [0.3, 0.4) is 0 Å². The second kappa shape index (κ2) is 4.32. The van der Waals surface area contributed by atoms with Crippen molar-refractivity contribution in [1.29, 1.82) is 0 Å². The molecule has 0 atom stereocenters. The maximum absolute atomic E-state index is 13.3. The lowest BCUT2D eigenvalue weighted by Gasteiger charge is -2.03. The van der Waals surface area contributed by atoms with Crippen LogP contribution in [-0.2, 0) is 11.3 Å². The fraction of sp³-hybridized carbons (Fsp3) is 0.182. The summed E-state index contributed by atoms with van der Waals surface area (Å²) in [6, 6.07) is 6.24. The van der Waals surface area contributed by atoms with Crippen molar-refractivity contribution in [2.75, 3.05) is 12.8 Å². The van der Waals surface area contributed by atoms with E-state index in [1.54, 1.807) is 18.2 Å². The minimum Gasteiger partial charge on any atom is -0.380 e. The zero-order chi connectivity index (χ0) is 11.5. The van der Waals surface area contributed by atoms with Gasteiger partial charge in [-0.05, 0) is 18.2 Å². The first-order valence-electron chi connectivity index (χ1n) is 4.70. The predicted molar refractivity (Wildman–Crippen MR) is 57.0 cm³/mol. The molecular weight excluding hydrogens is 211 g/mol. The van der Waals surface area contributed by atoms with Gasteiger partial charge in [-0.2, -0.15) is 0 Å². The van der Waals surface area contributed by atoms with Gasteiger partial charge in [0, 0.05) is 24.3 Å². The molecule has 0 unspecified atom stereocenters. The molecule has 0 aliphatic carbocycles. The normalized spacial score (nSPS) is 10.6. The average molecular weight is 222 g/mol. The topological polar surface area (TPSA) is 61.3 Å². The number of anilines is 1. The summed E-state index contributed by atoms with van der Waals surface area (Å²) >= 11 is 0. The second-order valence-corrected chi connectivity index (χ2v) is 3.35. The van der Waals surface area contributed by atoms with Gasteiger partial charge < -0.3 is 15.0 Å². The van der Waals surface area contributed by atoms with E-state index in [0.717, 1.165) is 5.56 Å². The van der Waals surface area contributed by atoms with Crippen molar-refractivity contribution in [3.05, 3.63) is 35.6 Å². The lowest BCUT2D eigenvalue weighted by Crippen LogP contribution is -1.93. The fourth-order valence-corrected chi connectivity index (χ4v) is 1.43. The first-order valence-corrected chi connectivity index (χ1v) is 4.70. The number of rotatable bonds is 3. The number of hydrogen-bond acceptors (Lipinski definition) is 4. The highest BCUT2D eigenvalue weighted by Gasteiger charge is 2.08. The van der Waals surface area contributed by atoms with Crippen LogP contribution in [0, 0.1) is 5.82 Å². The maximum atomic E-state index is 13.3. The molecule has 2 N–H and O–H groups in total. The Morgan fingerprint density at radius 1 is 1.44 bits per heavy atom. The number of aromatic nitrogens is 1. The predicted octanol–water partition coefficient (Wildman–Crippen LogP) is 2.21. The number of nitrogens with two attached hydrogens (primary N) is 1. The minimum absolute atomic E-state index is 0.215. The lowest BCUT2D eigenvalue weighted by atomic mass is 10.1. The molecule has 0 aliphatic rings. The van der Waals surface area contributed by atoms with Gasteiger partial charge in [0.25, 0.3) is 0 Å². The van der Waals surface area contributed by atoms with Gasteiger partial charge in [-0.25, -0.2) is 4.39 Å². The molecule has 2 aromatic rings. The zero-order valence-corrected chi connectivity index (χ0v) is 8.74. The van der Waals surface area contributed by atoms with Crippen LogP contribution in [0.15, 0.2) is 28.8 Å². The summed E-state index contributed by atoms with van der Waals surface area (Å²) in [4.78, 5) is 0. The number of halogens is 1. The highest BCUT2D eigenvalue weighted by atomic mass is 19.1. The Kier molecular flexibility index (Phi) is 2.87. The van der Waals surface area contributed by atoms with Gasteiger partial charge in [0.05, 0.1) is 6.61 Å². The van der Waals surface area contributed by atoms with E-state index >= 15 is 0 Å². The second-order valence-electron chi connectivity index (χ2n) is 3.35. The minimum atomic E-state index is -0.304. The van der Waals surface area contributed by atoms with Crippen molar-refractivity contribution in [2.45, 2.75) is 6.61 Å². The molecule has 2 rings (SSSR count). The number of methoxy groups -OCH3 is 1. The zero-order valence-electron chi connectivity index (χ0n) is 8.74. The van der Waals surface area contributed by atoms with Gasteiger partial charge in [0.1, 0.15) is 11.5 Å². The summed E-state index contributed by atoms with van der Waals surface area (Å²) in [6.07, 6.45) is 0. The van der Waals surface area contributed by atoms with Gasteiger partial charge in [-0.3, -0.25) is 0 Å². The van der Waals surface area contributed by atoms with Crippen LogP contribution in [-0.4, -0.2) is 12.3 Å².